The van der Waals surface area contributed by atoms with E-state index in [4.69, 9.17) is 23.7 Å². The smallest absolute Gasteiger partial charge is 0.351 e. The van der Waals surface area contributed by atoms with Gasteiger partial charge in [-0.3, -0.25) is 4.79 Å². The zero-order chi connectivity index (χ0) is 24.4. The van der Waals surface area contributed by atoms with Crippen molar-refractivity contribution < 1.29 is 33.3 Å². The van der Waals surface area contributed by atoms with Gasteiger partial charge in [-0.15, -0.1) is 0 Å². The molecule has 1 aliphatic rings. The Kier molecular flexibility index (Phi) is 6.61. The van der Waals surface area contributed by atoms with Gasteiger partial charge in [0.25, 0.3) is 0 Å². The summed E-state index contributed by atoms with van der Waals surface area (Å²) in [4.78, 5) is 26.0. The molecule has 0 amide bonds. The topological polar surface area (TPSA) is 80.3 Å². The first-order valence-electron chi connectivity index (χ1n) is 10.2. The van der Waals surface area contributed by atoms with Crippen LogP contribution in [0, 0.1) is 6.92 Å². The monoisotopic (exact) mass is 524 g/mol. The summed E-state index contributed by atoms with van der Waals surface area (Å²) in [7, 11) is 4.47. The fourth-order valence-electron chi connectivity index (χ4n) is 3.64. The number of esters is 1. The first-order chi connectivity index (χ1) is 16.4. The summed E-state index contributed by atoms with van der Waals surface area (Å²) < 4.78 is 28.4. The fraction of sp³-hybridized carbons (Fsp3) is 0.154. The molecule has 0 atom stereocenters. The molecule has 3 aromatic rings. The molecule has 4 rings (SSSR count). The maximum atomic E-state index is 13.0. The third kappa shape index (κ3) is 4.24. The van der Waals surface area contributed by atoms with Crippen molar-refractivity contribution in [2.24, 2.45) is 0 Å². The second-order valence-electron chi connectivity index (χ2n) is 7.32. The standard InChI is InChI=1S/C26H21BrO7/c1-14-18(34-26(29)23-20(31-3)6-5-7-21(23)32-4)11-9-17-24(28)22(33-25(14)17)13-15-12-16(27)8-10-19(15)30-2/h5-13H,1-4H3/b22-13-. The molecule has 0 radical (unpaired) electrons. The highest BCUT2D eigenvalue weighted by atomic mass is 79.9. The summed E-state index contributed by atoms with van der Waals surface area (Å²) in [5.74, 6) is 1.05. The van der Waals surface area contributed by atoms with E-state index >= 15 is 0 Å². The van der Waals surface area contributed by atoms with E-state index in [1.165, 1.54) is 14.2 Å². The Labute approximate surface area is 205 Å². The summed E-state index contributed by atoms with van der Waals surface area (Å²) >= 11 is 3.43. The number of rotatable bonds is 6. The molecule has 3 aromatic carbocycles. The van der Waals surface area contributed by atoms with Crippen molar-refractivity contribution >= 4 is 33.8 Å². The molecular weight excluding hydrogens is 504 g/mol. The van der Waals surface area contributed by atoms with Gasteiger partial charge in [-0.05, 0) is 55.5 Å². The predicted molar refractivity (Wildman–Crippen MR) is 129 cm³/mol. The molecule has 0 spiro atoms. The molecule has 0 aliphatic carbocycles. The zero-order valence-electron chi connectivity index (χ0n) is 18.9. The summed E-state index contributed by atoms with van der Waals surface area (Å²) in [6.45, 7) is 1.72. The van der Waals surface area contributed by atoms with Crippen molar-refractivity contribution in [2.75, 3.05) is 21.3 Å². The van der Waals surface area contributed by atoms with E-state index in [0.29, 0.717) is 39.7 Å². The number of hydrogen-bond acceptors (Lipinski definition) is 7. The number of Topliss-reactive ketones (excluding diaryl/α,β-unsaturated/α-hetero) is 1. The first kappa shape index (κ1) is 23.4. The Balaban J connectivity index is 1.66. The second-order valence-corrected chi connectivity index (χ2v) is 8.23. The van der Waals surface area contributed by atoms with Gasteiger partial charge in [-0.2, -0.15) is 0 Å². The van der Waals surface area contributed by atoms with Gasteiger partial charge in [0, 0.05) is 15.6 Å². The normalized spacial score (nSPS) is 13.3. The molecule has 0 saturated carbocycles. The molecule has 1 aliphatic heterocycles. The van der Waals surface area contributed by atoms with Crippen LogP contribution in [0.2, 0.25) is 0 Å². The minimum atomic E-state index is -0.656. The first-order valence-corrected chi connectivity index (χ1v) is 11.0. The van der Waals surface area contributed by atoms with E-state index < -0.39 is 5.97 Å². The lowest BCUT2D eigenvalue weighted by atomic mass is 10.1. The lowest BCUT2D eigenvalue weighted by molar-refractivity contribution is 0.0726. The van der Waals surface area contributed by atoms with Crippen molar-refractivity contribution in [3.05, 3.63) is 81.0 Å². The molecule has 8 heteroatoms. The predicted octanol–water partition coefficient (Wildman–Crippen LogP) is 5.62. The van der Waals surface area contributed by atoms with E-state index in [9.17, 15) is 9.59 Å². The number of carbonyl (C=O) groups excluding carboxylic acids is 2. The number of hydrogen-bond donors (Lipinski definition) is 0. The molecule has 174 valence electrons. The zero-order valence-corrected chi connectivity index (χ0v) is 20.5. The van der Waals surface area contributed by atoms with Gasteiger partial charge in [0.15, 0.2) is 5.76 Å². The van der Waals surface area contributed by atoms with Crippen LogP contribution in [0.25, 0.3) is 6.08 Å². The Morgan fingerprint density at radius 1 is 0.912 bits per heavy atom. The molecule has 0 fully saturated rings. The Hall–Kier alpha value is -3.78. The Morgan fingerprint density at radius 2 is 1.56 bits per heavy atom. The van der Waals surface area contributed by atoms with Crippen LogP contribution in [0.15, 0.2) is 58.8 Å². The highest BCUT2D eigenvalue weighted by Crippen LogP contribution is 2.40. The van der Waals surface area contributed by atoms with Gasteiger partial charge in [0.1, 0.15) is 34.3 Å². The molecule has 1 heterocycles. The van der Waals surface area contributed by atoms with Gasteiger partial charge in [-0.1, -0.05) is 22.0 Å². The molecule has 0 bridgehead atoms. The maximum absolute atomic E-state index is 13.0. The van der Waals surface area contributed by atoms with Gasteiger partial charge < -0.3 is 23.7 Å². The van der Waals surface area contributed by atoms with E-state index in [1.807, 2.05) is 12.1 Å². The van der Waals surface area contributed by atoms with Crippen molar-refractivity contribution in [3.8, 4) is 28.7 Å². The lowest BCUT2D eigenvalue weighted by Crippen LogP contribution is -2.12. The highest BCUT2D eigenvalue weighted by Gasteiger charge is 2.31. The molecular formula is C26H21BrO7. The van der Waals surface area contributed by atoms with Gasteiger partial charge in [0.05, 0.1) is 26.9 Å². The Bertz CT molecular complexity index is 1300. The van der Waals surface area contributed by atoms with Crippen LogP contribution >= 0.6 is 15.9 Å². The number of benzene rings is 3. The summed E-state index contributed by atoms with van der Waals surface area (Å²) in [6, 6.07) is 13.6. The number of methoxy groups -OCH3 is 3. The van der Waals surface area contributed by atoms with E-state index in [0.717, 1.165) is 4.47 Å². The third-order valence-electron chi connectivity index (χ3n) is 5.35. The van der Waals surface area contributed by atoms with Crippen LogP contribution in [-0.2, 0) is 0 Å². The van der Waals surface area contributed by atoms with E-state index in [-0.39, 0.29) is 22.9 Å². The summed E-state index contributed by atoms with van der Waals surface area (Å²) in [5, 5.41) is 0. The minimum Gasteiger partial charge on any atom is -0.496 e. The SMILES string of the molecule is COc1ccc(Br)cc1/C=C1\Oc2c(ccc(OC(=O)c3c(OC)cccc3OC)c2C)C1=O. The minimum absolute atomic E-state index is 0.143. The van der Waals surface area contributed by atoms with Crippen LogP contribution in [-0.4, -0.2) is 33.1 Å². The number of allylic oxidation sites excluding steroid dienone is 1. The highest BCUT2D eigenvalue weighted by molar-refractivity contribution is 9.10. The van der Waals surface area contributed by atoms with Gasteiger partial charge >= 0.3 is 5.97 Å². The number of carbonyl (C=O) groups is 2. The average molecular weight is 525 g/mol. The van der Waals surface area contributed by atoms with Crippen LogP contribution in [0.3, 0.4) is 0 Å². The van der Waals surface area contributed by atoms with Crippen molar-refractivity contribution in [1.82, 2.24) is 0 Å². The number of ketones is 1. The van der Waals surface area contributed by atoms with E-state index in [2.05, 4.69) is 15.9 Å². The lowest BCUT2D eigenvalue weighted by Gasteiger charge is -2.14. The molecule has 0 aromatic heterocycles. The van der Waals surface area contributed by atoms with Crippen LogP contribution in [0.4, 0.5) is 0 Å². The van der Waals surface area contributed by atoms with Gasteiger partial charge in [-0.25, -0.2) is 4.79 Å². The molecule has 34 heavy (non-hydrogen) atoms. The van der Waals surface area contributed by atoms with Crippen LogP contribution in [0.5, 0.6) is 28.7 Å². The summed E-state index contributed by atoms with van der Waals surface area (Å²) in [6.07, 6.45) is 1.62. The molecule has 0 N–H and O–H groups in total. The van der Waals surface area contributed by atoms with Crippen LogP contribution < -0.4 is 23.7 Å². The second kappa shape index (κ2) is 9.61. The van der Waals surface area contributed by atoms with Crippen LogP contribution in [0.1, 0.15) is 31.8 Å². The van der Waals surface area contributed by atoms with Crippen molar-refractivity contribution in [1.29, 1.82) is 0 Å². The van der Waals surface area contributed by atoms with Gasteiger partial charge in [0.2, 0.25) is 5.78 Å². The third-order valence-corrected chi connectivity index (χ3v) is 5.84. The quantitative estimate of drug-likeness (QED) is 0.235. The maximum Gasteiger partial charge on any atom is 0.351 e. The Morgan fingerprint density at radius 3 is 2.21 bits per heavy atom. The summed E-state index contributed by atoms with van der Waals surface area (Å²) in [5.41, 5.74) is 1.73. The van der Waals surface area contributed by atoms with E-state index in [1.54, 1.807) is 56.5 Å². The largest absolute Gasteiger partial charge is 0.496 e. The van der Waals surface area contributed by atoms with Crippen molar-refractivity contribution in [3.63, 3.8) is 0 Å². The molecule has 0 unspecified atom stereocenters. The average Bonchev–Trinajstić information content (AvgIpc) is 3.16. The number of fused-ring (bicyclic) bond motifs is 1. The number of halogens is 1. The van der Waals surface area contributed by atoms with Crippen molar-refractivity contribution in [2.45, 2.75) is 6.92 Å². The number of ether oxygens (including phenoxy) is 5. The molecule has 0 saturated heterocycles. The fourth-order valence-corrected chi connectivity index (χ4v) is 4.02. The molecule has 7 nitrogen and oxygen atoms in total.